The van der Waals surface area contributed by atoms with E-state index in [0.717, 1.165) is 50.1 Å². The Morgan fingerprint density at radius 2 is 0.759 bits per heavy atom. The number of para-hydroxylation sites is 2. The van der Waals surface area contributed by atoms with Crippen molar-refractivity contribution in [1.29, 1.82) is 0 Å². The quantitative estimate of drug-likeness (QED) is 0.162. The van der Waals surface area contributed by atoms with Gasteiger partial charge in [-0.05, 0) is 103 Å². The van der Waals surface area contributed by atoms with Crippen LogP contribution in [0.2, 0.25) is 0 Å². The molecule has 2 heteroatoms. The first kappa shape index (κ1) is 33.6. The van der Waals surface area contributed by atoms with Gasteiger partial charge in [-0.1, -0.05) is 182 Å². The van der Waals surface area contributed by atoms with Crippen molar-refractivity contribution in [2.75, 3.05) is 4.90 Å². The molecule has 272 valence electrons. The number of fused-ring (bicyclic) bond motifs is 5. The van der Waals surface area contributed by atoms with E-state index in [9.17, 15) is 0 Å². The van der Waals surface area contributed by atoms with Crippen molar-refractivity contribution >= 4 is 60.5 Å². The fraction of sp³-hybridized carbons (Fsp3) is 0. The smallest absolute Gasteiger partial charge is 0.143 e. The molecule has 0 aliphatic rings. The number of furan rings is 1. The average molecular weight is 740 g/mol. The molecule has 0 aliphatic heterocycles. The highest BCUT2D eigenvalue weighted by Crippen LogP contribution is 2.45. The maximum absolute atomic E-state index is 6.45. The fourth-order valence-electron chi connectivity index (χ4n) is 8.69. The van der Waals surface area contributed by atoms with Gasteiger partial charge in [0, 0.05) is 33.4 Å². The van der Waals surface area contributed by atoms with Crippen LogP contribution in [0.1, 0.15) is 0 Å². The molecule has 0 radical (unpaired) electrons. The summed E-state index contributed by atoms with van der Waals surface area (Å²) in [4.78, 5) is 2.38. The first-order valence-electron chi connectivity index (χ1n) is 19.8. The minimum Gasteiger partial charge on any atom is -0.455 e. The zero-order valence-corrected chi connectivity index (χ0v) is 31.7. The van der Waals surface area contributed by atoms with E-state index in [0.29, 0.717) is 0 Å². The van der Waals surface area contributed by atoms with E-state index in [1.807, 2.05) is 12.1 Å². The van der Waals surface area contributed by atoms with Crippen molar-refractivity contribution < 1.29 is 4.42 Å². The van der Waals surface area contributed by atoms with E-state index in [-0.39, 0.29) is 0 Å². The largest absolute Gasteiger partial charge is 0.455 e. The molecule has 0 aliphatic carbocycles. The van der Waals surface area contributed by atoms with Crippen LogP contribution < -0.4 is 4.90 Å². The molecular weight excluding hydrogens is 703 g/mol. The van der Waals surface area contributed by atoms with E-state index in [1.165, 1.54) is 54.9 Å². The van der Waals surface area contributed by atoms with Gasteiger partial charge in [0.1, 0.15) is 11.2 Å². The molecule has 2 nitrogen and oxygen atoms in total. The fourth-order valence-corrected chi connectivity index (χ4v) is 8.69. The molecule has 0 fully saturated rings. The van der Waals surface area contributed by atoms with Crippen molar-refractivity contribution in [1.82, 2.24) is 0 Å². The van der Waals surface area contributed by atoms with Crippen LogP contribution in [-0.4, -0.2) is 0 Å². The van der Waals surface area contributed by atoms with E-state index in [4.69, 9.17) is 4.42 Å². The molecule has 0 N–H and O–H groups in total. The van der Waals surface area contributed by atoms with E-state index < -0.39 is 0 Å². The van der Waals surface area contributed by atoms with Crippen molar-refractivity contribution in [2.24, 2.45) is 0 Å². The molecule has 11 aromatic rings. The predicted octanol–water partition coefficient (Wildman–Crippen LogP) is 16.0. The van der Waals surface area contributed by atoms with Crippen LogP contribution in [-0.2, 0) is 0 Å². The molecule has 0 bridgehead atoms. The average Bonchev–Trinajstić information content (AvgIpc) is 3.69. The molecule has 0 amide bonds. The van der Waals surface area contributed by atoms with Gasteiger partial charge < -0.3 is 9.32 Å². The molecule has 0 spiro atoms. The molecule has 1 aromatic heterocycles. The van der Waals surface area contributed by atoms with Gasteiger partial charge in [-0.15, -0.1) is 0 Å². The summed E-state index contributed by atoms with van der Waals surface area (Å²) in [7, 11) is 0. The van der Waals surface area contributed by atoms with Crippen LogP contribution in [0.5, 0.6) is 0 Å². The maximum atomic E-state index is 6.45. The highest BCUT2D eigenvalue weighted by atomic mass is 16.3. The summed E-state index contributed by atoms with van der Waals surface area (Å²) in [6.07, 6.45) is 0. The van der Waals surface area contributed by atoms with Crippen LogP contribution in [0, 0.1) is 0 Å². The van der Waals surface area contributed by atoms with Crippen molar-refractivity contribution in [2.45, 2.75) is 0 Å². The van der Waals surface area contributed by atoms with Gasteiger partial charge in [-0.25, -0.2) is 0 Å². The number of hydrogen-bond acceptors (Lipinski definition) is 2. The molecular formula is C56H37NO. The summed E-state index contributed by atoms with van der Waals surface area (Å²) in [5.74, 6) is 0. The van der Waals surface area contributed by atoms with Crippen molar-refractivity contribution in [3.05, 3.63) is 224 Å². The maximum Gasteiger partial charge on any atom is 0.143 e. The highest BCUT2D eigenvalue weighted by Gasteiger charge is 2.20. The molecule has 10 aromatic carbocycles. The molecule has 58 heavy (non-hydrogen) atoms. The highest BCUT2D eigenvalue weighted by molar-refractivity contribution is 6.10. The van der Waals surface area contributed by atoms with Gasteiger partial charge in [-0.2, -0.15) is 0 Å². The van der Waals surface area contributed by atoms with Gasteiger partial charge in [0.2, 0.25) is 0 Å². The Labute approximate surface area is 337 Å². The number of hydrogen-bond donors (Lipinski definition) is 0. The lowest BCUT2D eigenvalue weighted by Crippen LogP contribution is -2.10. The Balaban J connectivity index is 1.10. The molecule has 11 rings (SSSR count). The van der Waals surface area contributed by atoms with Gasteiger partial charge in [0.25, 0.3) is 0 Å². The lowest BCUT2D eigenvalue weighted by atomic mass is 9.88. The van der Waals surface area contributed by atoms with Gasteiger partial charge in [-0.3, -0.25) is 0 Å². The zero-order valence-electron chi connectivity index (χ0n) is 31.7. The first-order chi connectivity index (χ1) is 28.8. The Morgan fingerprint density at radius 3 is 1.45 bits per heavy atom. The summed E-state index contributed by atoms with van der Waals surface area (Å²) in [6, 6.07) is 80.8. The first-order valence-corrected chi connectivity index (χ1v) is 19.8. The third-order valence-corrected chi connectivity index (χ3v) is 11.5. The Kier molecular flexibility index (Phi) is 8.19. The second kappa shape index (κ2) is 14.1. The Morgan fingerprint density at radius 1 is 0.276 bits per heavy atom. The molecule has 0 saturated heterocycles. The molecule has 0 atom stereocenters. The molecule has 0 saturated carbocycles. The normalized spacial score (nSPS) is 11.4. The zero-order chi connectivity index (χ0) is 38.4. The summed E-state index contributed by atoms with van der Waals surface area (Å²) in [6.45, 7) is 0. The third kappa shape index (κ3) is 5.82. The van der Waals surface area contributed by atoms with E-state index >= 15 is 0 Å². The van der Waals surface area contributed by atoms with Crippen LogP contribution in [0.4, 0.5) is 17.1 Å². The minimum absolute atomic E-state index is 0.903. The van der Waals surface area contributed by atoms with Crippen LogP contribution in [0.15, 0.2) is 229 Å². The SMILES string of the molecule is c1ccc(-c2ccc(N(c3ccc(-c4cccc5c4oc4ccccc45)cc3)c3ccc(-c4cccc5ccccc45)c(-c4cccc5ccccc45)c3)cc2)cc1. The Bertz CT molecular complexity index is 3260. The topological polar surface area (TPSA) is 16.4 Å². The van der Waals surface area contributed by atoms with Crippen LogP contribution >= 0.6 is 0 Å². The second-order valence-electron chi connectivity index (χ2n) is 14.9. The standard InChI is InChI=1S/C56H37NO/c1-2-13-38(14-3-1)39-27-31-43(32-28-39)57(44-33-29-42(30-34-44)48-22-12-25-53-52-21-8-9-26-55(52)58-56(48)53)45-35-36-51(49-23-10-17-40-15-4-6-19-46(40)49)54(37-45)50-24-11-18-41-16-5-7-20-47(41)50/h1-37H. The van der Waals surface area contributed by atoms with Gasteiger partial charge >= 0.3 is 0 Å². The second-order valence-corrected chi connectivity index (χ2v) is 14.9. The summed E-state index contributed by atoms with van der Waals surface area (Å²) in [5, 5.41) is 7.18. The lowest BCUT2D eigenvalue weighted by molar-refractivity contribution is 0.670. The monoisotopic (exact) mass is 739 g/mol. The minimum atomic E-state index is 0.903. The Hall–Kier alpha value is -7.68. The lowest BCUT2D eigenvalue weighted by Gasteiger charge is -2.27. The number of rotatable bonds is 7. The molecule has 0 unspecified atom stereocenters. The molecule has 1 heterocycles. The summed E-state index contributed by atoms with van der Waals surface area (Å²) >= 11 is 0. The van der Waals surface area contributed by atoms with Gasteiger partial charge in [0.15, 0.2) is 0 Å². The number of nitrogens with zero attached hydrogens (tertiary/aromatic N) is 1. The van der Waals surface area contributed by atoms with E-state index in [2.05, 4.69) is 217 Å². The van der Waals surface area contributed by atoms with Crippen molar-refractivity contribution in [3.8, 4) is 44.5 Å². The van der Waals surface area contributed by atoms with Crippen LogP contribution in [0.3, 0.4) is 0 Å². The van der Waals surface area contributed by atoms with Gasteiger partial charge in [0.05, 0.1) is 0 Å². The van der Waals surface area contributed by atoms with Crippen LogP contribution in [0.25, 0.3) is 88.0 Å². The van der Waals surface area contributed by atoms with Crippen molar-refractivity contribution in [3.63, 3.8) is 0 Å². The van der Waals surface area contributed by atoms with E-state index in [1.54, 1.807) is 0 Å². The number of anilines is 3. The third-order valence-electron chi connectivity index (χ3n) is 11.5. The summed E-state index contributed by atoms with van der Waals surface area (Å²) < 4.78 is 6.45. The summed E-state index contributed by atoms with van der Waals surface area (Å²) in [5.41, 5.74) is 14.4. The predicted molar refractivity (Wildman–Crippen MR) is 245 cm³/mol. The number of benzene rings is 10.